The molecule has 0 aliphatic carbocycles. The Morgan fingerprint density at radius 2 is 2.05 bits per heavy atom. The van der Waals surface area contributed by atoms with Gasteiger partial charge in [-0.25, -0.2) is 4.98 Å². The predicted molar refractivity (Wildman–Crippen MR) is 93.3 cm³/mol. The highest BCUT2D eigenvalue weighted by atomic mass is 79.9. The first-order chi connectivity index (χ1) is 10.6. The molecule has 4 nitrogen and oxygen atoms in total. The van der Waals surface area contributed by atoms with Gasteiger partial charge in [-0.1, -0.05) is 40.2 Å². The maximum absolute atomic E-state index is 12.0. The highest BCUT2D eigenvalue weighted by Gasteiger charge is 2.07. The van der Waals surface area contributed by atoms with Gasteiger partial charge in [-0.2, -0.15) is 0 Å². The number of nitrogens with zero attached hydrogens (tertiary/aromatic N) is 1. The minimum Gasteiger partial charge on any atom is -0.353 e. The summed E-state index contributed by atoms with van der Waals surface area (Å²) >= 11 is 3.48. The van der Waals surface area contributed by atoms with E-state index >= 15 is 0 Å². The molecule has 0 fully saturated rings. The number of para-hydroxylation sites is 1. The third-order valence-corrected chi connectivity index (χ3v) is 3.92. The average molecular weight is 358 g/mol. The van der Waals surface area contributed by atoms with E-state index < -0.39 is 0 Å². The summed E-state index contributed by atoms with van der Waals surface area (Å²) in [7, 11) is 0. The monoisotopic (exact) mass is 357 g/mol. The zero-order valence-electron chi connectivity index (χ0n) is 12.1. The molecule has 0 bridgehead atoms. The van der Waals surface area contributed by atoms with Crippen LogP contribution in [-0.2, 0) is 6.42 Å². The Balaban J connectivity index is 1.79. The number of anilines is 1. The Morgan fingerprint density at radius 3 is 2.86 bits per heavy atom. The lowest BCUT2D eigenvalue weighted by atomic mass is 10.1. The molecule has 3 rings (SSSR count). The van der Waals surface area contributed by atoms with E-state index in [4.69, 9.17) is 0 Å². The quantitative estimate of drug-likeness (QED) is 0.747. The highest BCUT2D eigenvalue weighted by molar-refractivity contribution is 9.10. The number of fused-ring (bicyclic) bond motifs is 1. The van der Waals surface area contributed by atoms with Crippen LogP contribution in [0.25, 0.3) is 10.9 Å². The minimum atomic E-state index is -0.122. The van der Waals surface area contributed by atoms with E-state index in [-0.39, 0.29) is 11.6 Å². The number of hydrogen-bond acceptors (Lipinski definition) is 3. The van der Waals surface area contributed by atoms with Crippen molar-refractivity contribution in [2.24, 2.45) is 0 Å². The van der Waals surface area contributed by atoms with Gasteiger partial charge in [-0.05, 0) is 43.2 Å². The van der Waals surface area contributed by atoms with Crippen molar-refractivity contribution in [2.75, 3.05) is 5.32 Å². The van der Waals surface area contributed by atoms with Gasteiger partial charge >= 0.3 is 0 Å². The van der Waals surface area contributed by atoms with Gasteiger partial charge in [0.25, 0.3) is 5.56 Å². The Hall–Kier alpha value is -2.14. The van der Waals surface area contributed by atoms with Crippen LogP contribution in [0, 0.1) is 0 Å². The Kier molecular flexibility index (Phi) is 4.24. The van der Waals surface area contributed by atoms with Crippen LogP contribution in [0.2, 0.25) is 0 Å². The smallest absolute Gasteiger partial charge is 0.260 e. The number of benzene rings is 2. The molecule has 0 spiro atoms. The van der Waals surface area contributed by atoms with Gasteiger partial charge in [-0.3, -0.25) is 9.78 Å². The third kappa shape index (κ3) is 3.36. The van der Waals surface area contributed by atoms with E-state index in [1.807, 2.05) is 30.3 Å². The molecule has 1 aromatic heterocycles. The van der Waals surface area contributed by atoms with Crippen molar-refractivity contribution >= 4 is 32.8 Å². The van der Waals surface area contributed by atoms with Crippen LogP contribution in [0.3, 0.4) is 0 Å². The summed E-state index contributed by atoms with van der Waals surface area (Å²) in [6.07, 6.45) is 0.843. The van der Waals surface area contributed by atoms with Crippen LogP contribution in [0.4, 0.5) is 5.95 Å². The lowest BCUT2D eigenvalue weighted by Gasteiger charge is -2.14. The van der Waals surface area contributed by atoms with E-state index in [9.17, 15) is 4.79 Å². The van der Waals surface area contributed by atoms with Crippen LogP contribution in [0.5, 0.6) is 0 Å². The summed E-state index contributed by atoms with van der Waals surface area (Å²) < 4.78 is 1.06. The van der Waals surface area contributed by atoms with E-state index in [0.717, 1.165) is 10.9 Å². The van der Waals surface area contributed by atoms with Crippen LogP contribution in [0.1, 0.15) is 12.5 Å². The summed E-state index contributed by atoms with van der Waals surface area (Å²) in [5.41, 5.74) is 1.80. The van der Waals surface area contributed by atoms with Gasteiger partial charge in [0.05, 0.1) is 10.9 Å². The fourth-order valence-corrected chi connectivity index (χ4v) is 2.90. The fraction of sp³-hybridized carbons (Fsp3) is 0.176. The van der Waals surface area contributed by atoms with Crippen molar-refractivity contribution in [1.29, 1.82) is 0 Å². The molecule has 0 aliphatic heterocycles. The maximum atomic E-state index is 12.0. The summed E-state index contributed by atoms with van der Waals surface area (Å²) in [5, 5.41) is 3.87. The summed E-state index contributed by atoms with van der Waals surface area (Å²) in [4.78, 5) is 19.3. The fourth-order valence-electron chi connectivity index (χ4n) is 2.46. The molecule has 0 saturated carbocycles. The average Bonchev–Trinajstić information content (AvgIpc) is 2.47. The zero-order chi connectivity index (χ0) is 15.5. The summed E-state index contributed by atoms with van der Waals surface area (Å²) in [6, 6.07) is 15.7. The van der Waals surface area contributed by atoms with Crippen LogP contribution >= 0.6 is 15.9 Å². The molecule has 2 N–H and O–H groups in total. The van der Waals surface area contributed by atoms with Gasteiger partial charge in [0.15, 0.2) is 0 Å². The summed E-state index contributed by atoms with van der Waals surface area (Å²) in [5.74, 6) is 0.506. The van der Waals surface area contributed by atoms with Gasteiger partial charge < -0.3 is 5.32 Å². The second-order valence-electron chi connectivity index (χ2n) is 5.31. The number of aromatic amines is 1. The first kappa shape index (κ1) is 14.8. The zero-order valence-corrected chi connectivity index (χ0v) is 13.7. The molecule has 1 atom stereocenters. The second-order valence-corrected chi connectivity index (χ2v) is 6.23. The lowest BCUT2D eigenvalue weighted by molar-refractivity contribution is 0.777. The van der Waals surface area contributed by atoms with Crippen molar-refractivity contribution in [3.63, 3.8) is 0 Å². The van der Waals surface area contributed by atoms with Crippen molar-refractivity contribution in [3.05, 3.63) is 68.9 Å². The SMILES string of the molecule is CC(Cc1cccc(Br)c1)Nc1nc2ccccc2c(=O)[nH]1. The van der Waals surface area contributed by atoms with E-state index in [2.05, 4.69) is 50.3 Å². The van der Waals surface area contributed by atoms with E-state index in [1.165, 1.54) is 5.56 Å². The summed E-state index contributed by atoms with van der Waals surface area (Å²) in [6.45, 7) is 2.07. The molecule has 0 radical (unpaired) electrons. The van der Waals surface area contributed by atoms with Crippen molar-refractivity contribution < 1.29 is 0 Å². The molecule has 2 aromatic carbocycles. The standard InChI is InChI=1S/C17H16BrN3O/c1-11(9-12-5-4-6-13(18)10-12)19-17-20-15-8-3-2-7-14(15)16(22)21-17/h2-8,10-11H,9H2,1H3,(H2,19,20,21,22). The van der Waals surface area contributed by atoms with E-state index in [1.54, 1.807) is 6.07 Å². The Labute approximate surface area is 136 Å². The first-order valence-corrected chi connectivity index (χ1v) is 7.91. The largest absolute Gasteiger partial charge is 0.353 e. The number of rotatable bonds is 4. The van der Waals surface area contributed by atoms with Crippen LogP contribution in [0.15, 0.2) is 57.8 Å². The number of aromatic nitrogens is 2. The van der Waals surface area contributed by atoms with Crippen LogP contribution < -0.4 is 10.9 Å². The minimum absolute atomic E-state index is 0.122. The molecule has 0 saturated heterocycles. The second kappa shape index (κ2) is 6.32. The van der Waals surface area contributed by atoms with E-state index in [0.29, 0.717) is 16.9 Å². The maximum Gasteiger partial charge on any atom is 0.260 e. The van der Waals surface area contributed by atoms with Crippen LogP contribution in [-0.4, -0.2) is 16.0 Å². The molecule has 112 valence electrons. The molecule has 0 aliphatic rings. The van der Waals surface area contributed by atoms with Gasteiger partial charge in [0.1, 0.15) is 0 Å². The third-order valence-electron chi connectivity index (χ3n) is 3.43. The Morgan fingerprint density at radius 1 is 1.23 bits per heavy atom. The molecular weight excluding hydrogens is 342 g/mol. The van der Waals surface area contributed by atoms with Crippen molar-refractivity contribution in [1.82, 2.24) is 9.97 Å². The molecular formula is C17H16BrN3O. The topological polar surface area (TPSA) is 57.8 Å². The molecule has 22 heavy (non-hydrogen) atoms. The van der Waals surface area contributed by atoms with Gasteiger partial charge in [-0.15, -0.1) is 0 Å². The van der Waals surface area contributed by atoms with Crippen molar-refractivity contribution in [2.45, 2.75) is 19.4 Å². The number of halogens is 1. The molecule has 1 heterocycles. The predicted octanol–water partition coefficient (Wildman–Crippen LogP) is 3.73. The normalized spacial score (nSPS) is 12.3. The molecule has 0 amide bonds. The number of nitrogens with one attached hydrogen (secondary N) is 2. The highest BCUT2D eigenvalue weighted by Crippen LogP contribution is 2.14. The van der Waals surface area contributed by atoms with Gasteiger partial charge in [0, 0.05) is 10.5 Å². The molecule has 5 heteroatoms. The number of H-pyrrole nitrogens is 1. The number of hydrogen-bond donors (Lipinski definition) is 2. The van der Waals surface area contributed by atoms with Gasteiger partial charge in [0.2, 0.25) is 5.95 Å². The Bertz CT molecular complexity index is 860. The lowest BCUT2D eigenvalue weighted by Crippen LogP contribution is -2.22. The van der Waals surface area contributed by atoms with Crippen molar-refractivity contribution in [3.8, 4) is 0 Å². The molecule has 1 unspecified atom stereocenters. The first-order valence-electron chi connectivity index (χ1n) is 7.12. The molecule has 3 aromatic rings.